The molecule has 1 aliphatic rings. The van der Waals surface area contributed by atoms with Gasteiger partial charge in [0, 0.05) is 0 Å². The van der Waals surface area contributed by atoms with Gasteiger partial charge in [0.2, 0.25) is 8.27 Å². The lowest BCUT2D eigenvalue weighted by atomic mass is 10.4. The maximum atomic E-state index is 10.8. The standard InChI is InChI=1S/C5H9BrO2S/c6-9(7,8)5-3-1-2-4-5/h5H,1-4H2. The summed E-state index contributed by atoms with van der Waals surface area (Å²) in [6, 6.07) is 0. The topological polar surface area (TPSA) is 34.1 Å². The third-order valence-corrected chi connectivity index (χ3v) is 4.55. The van der Waals surface area contributed by atoms with E-state index < -0.39 is 8.27 Å². The van der Waals surface area contributed by atoms with Crippen molar-refractivity contribution in [1.29, 1.82) is 0 Å². The molecule has 0 bridgehead atoms. The van der Waals surface area contributed by atoms with Gasteiger partial charge in [0.25, 0.3) is 0 Å². The van der Waals surface area contributed by atoms with Crippen molar-refractivity contribution in [3.05, 3.63) is 0 Å². The first-order chi connectivity index (χ1) is 4.11. The Bertz CT molecular complexity index is 179. The third kappa shape index (κ3) is 1.93. The molecule has 0 spiro atoms. The lowest BCUT2D eigenvalue weighted by Crippen LogP contribution is -2.09. The molecule has 0 N–H and O–H groups in total. The van der Waals surface area contributed by atoms with Gasteiger partial charge in [0.15, 0.2) is 0 Å². The van der Waals surface area contributed by atoms with Crippen LogP contribution >= 0.6 is 14.8 Å². The van der Waals surface area contributed by atoms with E-state index in [4.69, 9.17) is 0 Å². The molecule has 1 fully saturated rings. The second kappa shape index (κ2) is 2.58. The fourth-order valence-electron chi connectivity index (χ4n) is 1.17. The molecule has 0 aromatic carbocycles. The van der Waals surface area contributed by atoms with Gasteiger partial charge in [0.1, 0.15) is 0 Å². The molecule has 54 valence electrons. The van der Waals surface area contributed by atoms with Gasteiger partial charge in [0.05, 0.1) is 20.1 Å². The van der Waals surface area contributed by atoms with Gasteiger partial charge in [-0.15, -0.1) is 0 Å². The normalized spacial score (nSPS) is 22.8. The molecule has 0 aromatic rings. The average Bonchev–Trinajstić information content (AvgIpc) is 2.08. The van der Waals surface area contributed by atoms with Crippen LogP contribution in [0, 0.1) is 0 Å². The zero-order valence-corrected chi connectivity index (χ0v) is 7.41. The van der Waals surface area contributed by atoms with Gasteiger partial charge in [-0.3, -0.25) is 0 Å². The Hall–Kier alpha value is 0.430. The Morgan fingerprint density at radius 3 is 1.89 bits per heavy atom. The van der Waals surface area contributed by atoms with Crippen LogP contribution in [0.3, 0.4) is 0 Å². The molecule has 0 aromatic heterocycles. The van der Waals surface area contributed by atoms with Gasteiger partial charge < -0.3 is 0 Å². The summed E-state index contributed by atoms with van der Waals surface area (Å²) in [7, 11) is -2.89. The molecule has 2 nitrogen and oxygen atoms in total. The van der Waals surface area contributed by atoms with E-state index in [-0.39, 0.29) is 5.25 Å². The molecule has 4 heteroatoms. The van der Waals surface area contributed by atoms with Crippen LogP contribution in [0.5, 0.6) is 0 Å². The molecule has 1 aliphatic carbocycles. The quantitative estimate of drug-likeness (QED) is 0.620. The van der Waals surface area contributed by atoms with Crippen LogP contribution in [0.15, 0.2) is 0 Å². The van der Waals surface area contributed by atoms with Crippen molar-refractivity contribution in [2.75, 3.05) is 0 Å². The largest absolute Gasteiger partial charge is 0.217 e. The highest BCUT2D eigenvalue weighted by molar-refractivity contribution is 9.47. The first-order valence-electron chi connectivity index (χ1n) is 3.04. The molecular weight excluding hydrogens is 204 g/mol. The van der Waals surface area contributed by atoms with Gasteiger partial charge in [-0.2, -0.15) is 0 Å². The fourth-order valence-corrected chi connectivity index (χ4v) is 3.19. The number of rotatable bonds is 1. The van der Waals surface area contributed by atoms with E-state index in [0.717, 1.165) is 25.7 Å². The Morgan fingerprint density at radius 1 is 1.22 bits per heavy atom. The van der Waals surface area contributed by atoms with Gasteiger partial charge in [-0.05, 0) is 12.8 Å². The summed E-state index contributed by atoms with van der Waals surface area (Å²) in [5, 5.41) is -0.0995. The molecule has 0 radical (unpaired) electrons. The monoisotopic (exact) mass is 212 g/mol. The van der Waals surface area contributed by atoms with Crippen LogP contribution in [0.25, 0.3) is 0 Å². The van der Waals surface area contributed by atoms with E-state index in [1.165, 1.54) is 0 Å². The molecule has 0 amide bonds. The first kappa shape index (κ1) is 7.54. The van der Waals surface area contributed by atoms with Gasteiger partial charge in [-0.25, -0.2) is 8.42 Å². The second-order valence-corrected chi connectivity index (χ2v) is 6.71. The summed E-state index contributed by atoms with van der Waals surface area (Å²) in [4.78, 5) is 0. The zero-order chi connectivity index (χ0) is 6.91. The third-order valence-electron chi connectivity index (χ3n) is 1.70. The van der Waals surface area contributed by atoms with Gasteiger partial charge in [-0.1, -0.05) is 12.8 Å². The van der Waals surface area contributed by atoms with E-state index in [0.29, 0.717) is 0 Å². The second-order valence-electron chi connectivity index (χ2n) is 2.38. The molecule has 1 rings (SSSR count). The molecule has 1 saturated carbocycles. The summed E-state index contributed by atoms with van der Waals surface area (Å²) in [6.45, 7) is 0. The Kier molecular flexibility index (Phi) is 2.16. The summed E-state index contributed by atoms with van der Waals surface area (Å²) >= 11 is 2.68. The van der Waals surface area contributed by atoms with Crippen LogP contribution in [0.4, 0.5) is 0 Å². The minimum atomic E-state index is -2.89. The summed E-state index contributed by atoms with van der Waals surface area (Å²) in [5.41, 5.74) is 0. The van der Waals surface area contributed by atoms with Crippen LogP contribution < -0.4 is 0 Å². The van der Waals surface area contributed by atoms with E-state index >= 15 is 0 Å². The van der Waals surface area contributed by atoms with E-state index in [9.17, 15) is 8.42 Å². The molecule has 0 aliphatic heterocycles. The number of hydrogen-bond acceptors (Lipinski definition) is 2. The average molecular weight is 213 g/mol. The molecule has 0 unspecified atom stereocenters. The van der Waals surface area contributed by atoms with Crippen LogP contribution in [-0.4, -0.2) is 13.7 Å². The number of halogens is 1. The highest BCUT2D eigenvalue weighted by Gasteiger charge is 2.25. The zero-order valence-electron chi connectivity index (χ0n) is 5.01. The van der Waals surface area contributed by atoms with Crippen LogP contribution in [-0.2, 0) is 8.27 Å². The summed E-state index contributed by atoms with van der Waals surface area (Å²) < 4.78 is 21.5. The molecule has 0 heterocycles. The molecular formula is C5H9BrO2S. The van der Waals surface area contributed by atoms with Crippen molar-refractivity contribution < 1.29 is 8.42 Å². The van der Waals surface area contributed by atoms with Crippen LogP contribution in [0.1, 0.15) is 25.7 Å². The maximum absolute atomic E-state index is 10.8. The van der Waals surface area contributed by atoms with Crippen molar-refractivity contribution >= 4 is 23.1 Å². The van der Waals surface area contributed by atoms with Crippen LogP contribution in [0.2, 0.25) is 0 Å². The lowest BCUT2D eigenvalue weighted by Gasteiger charge is -2.00. The summed E-state index contributed by atoms with van der Waals surface area (Å²) in [6.07, 6.45) is 3.81. The number of hydrogen-bond donors (Lipinski definition) is 0. The Labute approximate surface area is 62.8 Å². The maximum Gasteiger partial charge on any atom is 0.212 e. The smallest absolute Gasteiger partial charge is 0.212 e. The Balaban J connectivity index is 2.63. The lowest BCUT2D eigenvalue weighted by molar-refractivity contribution is 0.596. The highest BCUT2D eigenvalue weighted by Crippen LogP contribution is 2.27. The van der Waals surface area contributed by atoms with E-state index in [1.807, 2.05) is 0 Å². The van der Waals surface area contributed by atoms with Crippen molar-refractivity contribution in [2.45, 2.75) is 30.9 Å². The predicted molar refractivity (Wildman–Crippen MR) is 40.1 cm³/mol. The van der Waals surface area contributed by atoms with E-state index in [2.05, 4.69) is 14.8 Å². The predicted octanol–water partition coefficient (Wildman–Crippen LogP) is 1.65. The Morgan fingerprint density at radius 2 is 1.67 bits per heavy atom. The highest BCUT2D eigenvalue weighted by atomic mass is 79.9. The molecule has 0 saturated heterocycles. The minimum absolute atomic E-state index is 0.0995. The fraction of sp³-hybridized carbons (Fsp3) is 1.00. The first-order valence-corrected chi connectivity index (χ1v) is 6.43. The molecule has 0 atom stereocenters. The summed E-state index contributed by atoms with van der Waals surface area (Å²) in [5.74, 6) is 0. The van der Waals surface area contributed by atoms with Crippen molar-refractivity contribution in [3.8, 4) is 0 Å². The SMILES string of the molecule is O=S(=O)(Br)C1CCCC1. The van der Waals surface area contributed by atoms with Crippen molar-refractivity contribution in [2.24, 2.45) is 0 Å². The van der Waals surface area contributed by atoms with Crippen molar-refractivity contribution in [3.63, 3.8) is 0 Å². The van der Waals surface area contributed by atoms with E-state index in [1.54, 1.807) is 0 Å². The van der Waals surface area contributed by atoms with Gasteiger partial charge >= 0.3 is 0 Å². The minimum Gasteiger partial charge on any atom is -0.217 e. The van der Waals surface area contributed by atoms with Crippen molar-refractivity contribution in [1.82, 2.24) is 0 Å². The molecule has 9 heavy (non-hydrogen) atoms.